The molecule has 1 N–H and O–H groups in total. The van der Waals surface area contributed by atoms with Gasteiger partial charge in [-0.2, -0.15) is 0 Å². The maximum absolute atomic E-state index is 13.2. The molecule has 1 aliphatic carbocycles. The first-order valence-electron chi connectivity index (χ1n) is 6.83. The van der Waals surface area contributed by atoms with Crippen LogP contribution in [-0.2, 0) is 19.4 Å². The monoisotopic (exact) mass is 255 g/mol. The van der Waals surface area contributed by atoms with E-state index in [-0.39, 0.29) is 5.82 Å². The average Bonchev–Trinajstić information content (AvgIpc) is 2.87. The maximum Gasteiger partial charge on any atom is 0.126 e. The van der Waals surface area contributed by atoms with Crippen LogP contribution in [-0.4, -0.2) is 0 Å². The van der Waals surface area contributed by atoms with Crippen molar-refractivity contribution in [1.29, 1.82) is 0 Å². The quantitative estimate of drug-likeness (QED) is 0.865. The molecule has 0 fully saturated rings. The van der Waals surface area contributed by atoms with Crippen LogP contribution >= 0.6 is 0 Å². The van der Waals surface area contributed by atoms with Crippen molar-refractivity contribution in [3.05, 3.63) is 64.5 Å². The Morgan fingerprint density at radius 1 is 1.05 bits per heavy atom. The number of hydrogen-bond donors (Lipinski definition) is 1. The second-order valence-corrected chi connectivity index (χ2v) is 5.27. The molecule has 0 radical (unpaired) electrons. The fourth-order valence-corrected chi connectivity index (χ4v) is 2.69. The Bertz CT molecular complexity index is 604. The molecule has 1 aliphatic rings. The molecule has 0 saturated heterocycles. The minimum atomic E-state index is -0.150. The lowest BCUT2D eigenvalue weighted by Gasteiger charge is -2.09. The third kappa shape index (κ3) is 2.62. The van der Waals surface area contributed by atoms with E-state index in [1.807, 2.05) is 6.07 Å². The zero-order valence-corrected chi connectivity index (χ0v) is 11.2. The Balaban J connectivity index is 1.70. The highest BCUT2D eigenvalue weighted by Gasteiger charge is 2.10. The molecular weight excluding hydrogens is 237 g/mol. The highest BCUT2D eigenvalue weighted by molar-refractivity contribution is 5.47. The average molecular weight is 255 g/mol. The van der Waals surface area contributed by atoms with Gasteiger partial charge in [0, 0.05) is 12.2 Å². The van der Waals surface area contributed by atoms with Crippen LogP contribution in [0.1, 0.15) is 28.7 Å². The van der Waals surface area contributed by atoms with Crippen molar-refractivity contribution in [2.24, 2.45) is 0 Å². The summed E-state index contributed by atoms with van der Waals surface area (Å²) in [5.41, 5.74) is 5.94. The maximum atomic E-state index is 13.2. The van der Waals surface area contributed by atoms with E-state index in [4.69, 9.17) is 0 Å². The number of nitrogens with one attached hydrogen (secondary N) is 1. The third-order valence-electron chi connectivity index (χ3n) is 3.82. The molecule has 0 aromatic heterocycles. The molecule has 0 amide bonds. The summed E-state index contributed by atoms with van der Waals surface area (Å²) in [5.74, 6) is -0.150. The molecule has 98 valence electrons. The minimum Gasteiger partial charge on any atom is -0.381 e. The lowest BCUT2D eigenvalue weighted by atomic mass is 10.1. The third-order valence-corrected chi connectivity index (χ3v) is 3.82. The summed E-state index contributed by atoms with van der Waals surface area (Å²) < 4.78 is 13.2. The Hall–Kier alpha value is -1.83. The van der Waals surface area contributed by atoms with Crippen LogP contribution < -0.4 is 5.32 Å². The summed E-state index contributed by atoms with van der Waals surface area (Å²) in [5, 5.41) is 3.35. The lowest BCUT2D eigenvalue weighted by Crippen LogP contribution is -2.01. The second kappa shape index (κ2) is 5.04. The number of fused-ring (bicyclic) bond motifs is 1. The molecule has 19 heavy (non-hydrogen) atoms. The van der Waals surface area contributed by atoms with Gasteiger partial charge in [-0.25, -0.2) is 4.39 Å². The standard InChI is InChI=1S/C17H18FN/c1-12-9-16(7-8-17(12)18)19-11-13-5-6-14-3-2-4-15(14)10-13/h5-10,19H,2-4,11H2,1H3. The van der Waals surface area contributed by atoms with Crippen molar-refractivity contribution >= 4 is 5.69 Å². The molecule has 0 heterocycles. The van der Waals surface area contributed by atoms with Gasteiger partial charge in [-0.1, -0.05) is 18.2 Å². The first-order valence-corrected chi connectivity index (χ1v) is 6.83. The highest BCUT2D eigenvalue weighted by Crippen LogP contribution is 2.23. The number of benzene rings is 2. The summed E-state index contributed by atoms with van der Waals surface area (Å²) in [7, 11) is 0. The van der Waals surface area contributed by atoms with E-state index in [9.17, 15) is 4.39 Å². The first-order chi connectivity index (χ1) is 9.22. The largest absolute Gasteiger partial charge is 0.381 e. The second-order valence-electron chi connectivity index (χ2n) is 5.27. The van der Waals surface area contributed by atoms with Gasteiger partial charge in [0.2, 0.25) is 0 Å². The molecule has 0 bridgehead atoms. The van der Waals surface area contributed by atoms with Gasteiger partial charge < -0.3 is 5.32 Å². The molecule has 0 aliphatic heterocycles. The van der Waals surface area contributed by atoms with Gasteiger partial charge in [0.1, 0.15) is 5.82 Å². The Morgan fingerprint density at radius 3 is 2.74 bits per heavy atom. The van der Waals surface area contributed by atoms with Gasteiger partial charge in [0.15, 0.2) is 0 Å². The van der Waals surface area contributed by atoms with Crippen molar-refractivity contribution in [3.63, 3.8) is 0 Å². The van der Waals surface area contributed by atoms with Crippen LogP contribution in [0.4, 0.5) is 10.1 Å². The molecule has 1 nitrogen and oxygen atoms in total. The van der Waals surface area contributed by atoms with E-state index in [2.05, 4.69) is 23.5 Å². The molecule has 3 rings (SSSR count). The van der Waals surface area contributed by atoms with Crippen LogP contribution in [0.3, 0.4) is 0 Å². The molecule has 2 aromatic carbocycles. The molecule has 0 saturated carbocycles. The topological polar surface area (TPSA) is 12.0 Å². The van der Waals surface area contributed by atoms with Gasteiger partial charge in [0.05, 0.1) is 0 Å². The van der Waals surface area contributed by atoms with Crippen molar-refractivity contribution in [3.8, 4) is 0 Å². The molecule has 0 atom stereocenters. The van der Waals surface area contributed by atoms with Crippen molar-refractivity contribution in [1.82, 2.24) is 0 Å². The fraction of sp³-hybridized carbons (Fsp3) is 0.294. The predicted molar refractivity (Wildman–Crippen MR) is 76.9 cm³/mol. The number of rotatable bonds is 3. The highest BCUT2D eigenvalue weighted by atomic mass is 19.1. The predicted octanol–water partition coefficient (Wildman–Crippen LogP) is 4.23. The fourth-order valence-electron chi connectivity index (χ4n) is 2.69. The van der Waals surface area contributed by atoms with Crippen molar-refractivity contribution < 1.29 is 4.39 Å². The van der Waals surface area contributed by atoms with Gasteiger partial charge in [-0.15, -0.1) is 0 Å². The van der Waals surface area contributed by atoms with E-state index in [0.717, 1.165) is 12.2 Å². The summed E-state index contributed by atoms with van der Waals surface area (Å²) in [6.07, 6.45) is 3.71. The summed E-state index contributed by atoms with van der Waals surface area (Å²) >= 11 is 0. The van der Waals surface area contributed by atoms with E-state index in [0.29, 0.717) is 5.56 Å². The van der Waals surface area contributed by atoms with Gasteiger partial charge in [0.25, 0.3) is 0 Å². The van der Waals surface area contributed by atoms with Crippen LogP contribution in [0.5, 0.6) is 0 Å². The van der Waals surface area contributed by atoms with Crippen molar-refractivity contribution in [2.45, 2.75) is 32.7 Å². The number of hydrogen-bond acceptors (Lipinski definition) is 1. The zero-order chi connectivity index (χ0) is 13.2. The van der Waals surface area contributed by atoms with E-state index in [1.165, 1.54) is 42.0 Å². The summed E-state index contributed by atoms with van der Waals surface area (Å²) in [4.78, 5) is 0. The van der Waals surface area contributed by atoms with Crippen LogP contribution in [0, 0.1) is 12.7 Å². The molecule has 2 aromatic rings. The number of anilines is 1. The van der Waals surface area contributed by atoms with E-state index >= 15 is 0 Å². The van der Waals surface area contributed by atoms with Crippen molar-refractivity contribution in [2.75, 3.05) is 5.32 Å². The number of aryl methyl sites for hydroxylation is 3. The van der Waals surface area contributed by atoms with Crippen LogP contribution in [0.25, 0.3) is 0 Å². The molecule has 0 spiro atoms. The number of halogens is 1. The SMILES string of the molecule is Cc1cc(NCc2ccc3c(c2)CCC3)ccc1F. The smallest absolute Gasteiger partial charge is 0.126 e. The Morgan fingerprint density at radius 2 is 1.89 bits per heavy atom. The summed E-state index contributed by atoms with van der Waals surface area (Å²) in [6, 6.07) is 11.9. The first kappa shape index (κ1) is 12.2. The molecular formula is C17H18FN. The van der Waals surface area contributed by atoms with E-state index < -0.39 is 0 Å². The van der Waals surface area contributed by atoms with E-state index in [1.54, 1.807) is 13.0 Å². The van der Waals surface area contributed by atoms with Crippen LogP contribution in [0.15, 0.2) is 36.4 Å². The van der Waals surface area contributed by atoms with Crippen LogP contribution in [0.2, 0.25) is 0 Å². The summed E-state index contributed by atoms with van der Waals surface area (Å²) in [6.45, 7) is 2.58. The normalized spacial score (nSPS) is 13.4. The lowest BCUT2D eigenvalue weighted by molar-refractivity contribution is 0.618. The van der Waals surface area contributed by atoms with Gasteiger partial charge in [-0.05, 0) is 66.6 Å². The molecule has 0 unspecified atom stereocenters. The van der Waals surface area contributed by atoms with Gasteiger partial charge in [-0.3, -0.25) is 0 Å². The minimum absolute atomic E-state index is 0.150. The Labute approximate surface area is 113 Å². The zero-order valence-electron chi connectivity index (χ0n) is 11.2. The molecule has 2 heteroatoms. The van der Waals surface area contributed by atoms with Gasteiger partial charge >= 0.3 is 0 Å². The Kier molecular flexibility index (Phi) is 3.24.